The maximum atomic E-state index is 12.7. The maximum absolute atomic E-state index is 12.7. The number of hydrogen-bond acceptors (Lipinski definition) is 3. The number of hydrogen-bond donors (Lipinski definition) is 1. The topological polar surface area (TPSA) is 55.6 Å². The van der Waals surface area contributed by atoms with Crippen molar-refractivity contribution in [2.45, 2.75) is 32.4 Å². The van der Waals surface area contributed by atoms with Crippen molar-refractivity contribution >= 4 is 5.91 Å². The summed E-state index contributed by atoms with van der Waals surface area (Å²) in [4.78, 5) is 14.6. The molecule has 2 N–H and O–H groups in total. The molecule has 1 amide bonds. The zero-order valence-corrected chi connectivity index (χ0v) is 11.6. The molecule has 4 heteroatoms. The van der Waals surface area contributed by atoms with Gasteiger partial charge in [-0.3, -0.25) is 4.79 Å². The van der Waals surface area contributed by atoms with Crippen molar-refractivity contribution in [3.05, 3.63) is 35.4 Å². The van der Waals surface area contributed by atoms with Crippen LogP contribution < -0.4 is 5.73 Å². The van der Waals surface area contributed by atoms with Crippen LogP contribution in [0.3, 0.4) is 0 Å². The Bertz CT molecular complexity index is 448. The number of benzene rings is 1. The van der Waals surface area contributed by atoms with Gasteiger partial charge in [0.25, 0.3) is 5.91 Å². The van der Waals surface area contributed by atoms with Crippen LogP contribution in [-0.2, 0) is 11.2 Å². The highest BCUT2D eigenvalue weighted by Gasteiger charge is 2.28. The highest BCUT2D eigenvalue weighted by Crippen LogP contribution is 2.18. The fourth-order valence-corrected chi connectivity index (χ4v) is 2.44. The molecule has 1 saturated heterocycles. The molecule has 2 rings (SSSR count). The molecule has 1 aromatic carbocycles. The number of rotatable bonds is 3. The largest absolute Gasteiger partial charge is 0.375 e. The third-order valence-corrected chi connectivity index (χ3v) is 3.53. The van der Waals surface area contributed by atoms with Crippen LogP contribution in [0.5, 0.6) is 0 Å². The van der Waals surface area contributed by atoms with E-state index in [4.69, 9.17) is 10.5 Å². The van der Waals surface area contributed by atoms with E-state index in [0.29, 0.717) is 19.7 Å². The van der Waals surface area contributed by atoms with Gasteiger partial charge in [-0.15, -0.1) is 0 Å². The molecule has 1 heterocycles. The van der Waals surface area contributed by atoms with Gasteiger partial charge in [-0.05, 0) is 38.4 Å². The lowest BCUT2D eigenvalue weighted by Gasteiger charge is -2.37. The van der Waals surface area contributed by atoms with Crippen LogP contribution in [0, 0.1) is 0 Å². The number of amides is 1. The van der Waals surface area contributed by atoms with Gasteiger partial charge < -0.3 is 15.4 Å². The molecule has 0 aliphatic carbocycles. The van der Waals surface area contributed by atoms with E-state index < -0.39 is 0 Å². The van der Waals surface area contributed by atoms with Gasteiger partial charge >= 0.3 is 0 Å². The molecule has 1 aliphatic rings. The van der Waals surface area contributed by atoms with Gasteiger partial charge in [-0.25, -0.2) is 0 Å². The highest BCUT2D eigenvalue weighted by atomic mass is 16.5. The quantitative estimate of drug-likeness (QED) is 0.896. The van der Waals surface area contributed by atoms with E-state index in [2.05, 4.69) is 0 Å². The predicted molar refractivity (Wildman–Crippen MR) is 75.1 cm³/mol. The second kappa shape index (κ2) is 6.17. The van der Waals surface area contributed by atoms with E-state index >= 15 is 0 Å². The Morgan fingerprint density at radius 3 is 2.89 bits per heavy atom. The van der Waals surface area contributed by atoms with E-state index in [9.17, 15) is 4.79 Å². The number of carbonyl (C=O) groups excluding carboxylic acids is 1. The first kappa shape index (κ1) is 14.0. The van der Waals surface area contributed by atoms with Crippen molar-refractivity contribution in [2.75, 3.05) is 19.7 Å². The van der Waals surface area contributed by atoms with Crippen molar-refractivity contribution in [1.29, 1.82) is 0 Å². The van der Waals surface area contributed by atoms with Crippen LogP contribution in [0.2, 0.25) is 0 Å². The summed E-state index contributed by atoms with van der Waals surface area (Å²) in [6.07, 6.45) is 0.831. The lowest BCUT2D eigenvalue weighted by atomic mass is 10.0. The summed E-state index contributed by atoms with van der Waals surface area (Å²) in [6, 6.07) is 7.85. The molecule has 104 valence electrons. The van der Waals surface area contributed by atoms with Gasteiger partial charge in [0.05, 0.1) is 18.8 Å². The number of carbonyl (C=O) groups is 1. The zero-order valence-electron chi connectivity index (χ0n) is 11.6. The van der Waals surface area contributed by atoms with Crippen LogP contribution >= 0.6 is 0 Å². The SMILES string of the molecule is CC1CN(C(=O)c2ccccc2CCN)C(C)CO1. The van der Waals surface area contributed by atoms with Crippen LogP contribution in [0.25, 0.3) is 0 Å². The van der Waals surface area contributed by atoms with Crippen molar-refractivity contribution in [1.82, 2.24) is 4.90 Å². The lowest BCUT2D eigenvalue weighted by molar-refractivity contribution is -0.0387. The first-order chi connectivity index (χ1) is 9.13. The maximum Gasteiger partial charge on any atom is 0.254 e. The molecule has 1 aliphatic heterocycles. The van der Waals surface area contributed by atoms with Crippen molar-refractivity contribution in [3.8, 4) is 0 Å². The van der Waals surface area contributed by atoms with Gasteiger partial charge in [-0.2, -0.15) is 0 Å². The Labute approximate surface area is 114 Å². The molecule has 1 fully saturated rings. The number of nitrogens with two attached hydrogens (primary N) is 1. The minimum atomic E-state index is 0.0895. The summed E-state index contributed by atoms with van der Waals surface area (Å²) in [5.74, 6) is 0.0895. The molecule has 2 unspecified atom stereocenters. The fourth-order valence-electron chi connectivity index (χ4n) is 2.44. The highest BCUT2D eigenvalue weighted by molar-refractivity contribution is 5.96. The minimum absolute atomic E-state index is 0.0895. The monoisotopic (exact) mass is 262 g/mol. The molecule has 0 radical (unpaired) electrons. The molecule has 19 heavy (non-hydrogen) atoms. The van der Waals surface area contributed by atoms with E-state index in [-0.39, 0.29) is 18.1 Å². The normalized spacial score (nSPS) is 23.4. The number of nitrogens with zero attached hydrogens (tertiary/aromatic N) is 1. The zero-order chi connectivity index (χ0) is 13.8. The molecular weight excluding hydrogens is 240 g/mol. The molecule has 2 atom stereocenters. The van der Waals surface area contributed by atoms with Gasteiger partial charge in [0.1, 0.15) is 0 Å². The summed E-state index contributed by atoms with van der Waals surface area (Å²) < 4.78 is 5.57. The summed E-state index contributed by atoms with van der Waals surface area (Å²) in [5.41, 5.74) is 7.41. The van der Waals surface area contributed by atoms with Gasteiger partial charge in [0.2, 0.25) is 0 Å². The van der Waals surface area contributed by atoms with E-state index in [0.717, 1.165) is 17.5 Å². The average Bonchev–Trinajstić information content (AvgIpc) is 2.42. The van der Waals surface area contributed by atoms with Crippen molar-refractivity contribution < 1.29 is 9.53 Å². The standard InChI is InChI=1S/C15H22N2O2/c1-11-10-19-12(2)9-17(11)15(18)14-6-4-3-5-13(14)7-8-16/h3-6,11-12H,7-10,16H2,1-2H3. The second-order valence-corrected chi connectivity index (χ2v) is 5.15. The Hall–Kier alpha value is -1.39. The first-order valence-electron chi connectivity index (χ1n) is 6.84. The number of ether oxygens (including phenoxy) is 1. The summed E-state index contributed by atoms with van der Waals surface area (Å²) >= 11 is 0. The average molecular weight is 262 g/mol. The third-order valence-electron chi connectivity index (χ3n) is 3.53. The van der Waals surface area contributed by atoms with Gasteiger partial charge in [0.15, 0.2) is 0 Å². The number of morpholine rings is 1. The summed E-state index contributed by atoms with van der Waals surface area (Å²) in [5, 5.41) is 0. The van der Waals surface area contributed by atoms with Crippen LogP contribution in [0.4, 0.5) is 0 Å². The first-order valence-corrected chi connectivity index (χ1v) is 6.84. The second-order valence-electron chi connectivity index (χ2n) is 5.15. The Balaban J connectivity index is 2.23. The third kappa shape index (κ3) is 3.14. The molecule has 4 nitrogen and oxygen atoms in total. The Morgan fingerprint density at radius 1 is 1.42 bits per heavy atom. The molecule has 0 aromatic heterocycles. The van der Waals surface area contributed by atoms with E-state index in [1.165, 1.54) is 0 Å². The molecule has 0 bridgehead atoms. The van der Waals surface area contributed by atoms with E-state index in [1.807, 2.05) is 43.0 Å². The summed E-state index contributed by atoms with van der Waals surface area (Å²) in [6.45, 7) is 5.83. The smallest absolute Gasteiger partial charge is 0.254 e. The molecule has 0 saturated carbocycles. The van der Waals surface area contributed by atoms with Crippen LogP contribution in [0.1, 0.15) is 29.8 Å². The van der Waals surface area contributed by atoms with Gasteiger partial charge in [-0.1, -0.05) is 18.2 Å². The van der Waals surface area contributed by atoms with Crippen LogP contribution in [-0.4, -0.2) is 42.6 Å². The Kier molecular flexibility index (Phi) is 4.56. The van der Waals surface area contributed by atoms with Gasteiger partial charge in [0, 0.05) is 12.1 Å². The summed E-state index contributed by atoms with van der Waals surface area (Å²) in [7, 11) is 0. The predicted octanol–water partition coefficient (Wildman–Crippen LogP) is 1.44. The molecule has 1 aromatic rings. The minimum Gasteiger partial charge on any atom is -0.375 e. The molecular formula is C15H22N2O2. The van der Waals surface area contributed by atoms with E-state index in [1.54, 1.807) is 0 Å². The van der Waals surface area contributed by atoms with Crippen molar-refractivity contribution in [2.24, 2.45) is 5.73 Å². The molecule has 0 spiro atoms. The lowest BCUT2D eigenvalue weighted by Crippen LogP contribution is -2.50. The van der Waals surface area contributed by atoms with Crippen molar-refractivity contribution in [3.63, 3.8) is 0 Å². The fraction of sp³-hybridized carbons (Fsp3) is 0.533. The Morgan fingerprint density at radius 2 is 2.16 bits per heavy atom. The van der Waals surface area contributed by atoms with Crippen LogP contribution in [0.15, 0.2) is 24.3 Å².